The maximum atomic E-state index is 5.21. The topological polar surface area (TPSA) is 34.1 Å². The molecule has 0 amide bonds. The van der Waals surface area contributed by atoms with Crippen LogP contribution in [-0.4, -0.2) is 31.8 Å². The summed E-state index contributed by atoms with van der Waals surface area (Å²) >= 11 is 0. The summed E-state index contributed by atoms with van der Waals surface area (Å²) in [6.07, 6.45) is 6.28. The third-order valence-electron chi connectivity index (χ3n) is 2.68. The molecule has 2 aliphatic rings. The predicted octanol–water partition coefficient (Wildman–Crippen LogP) is 1.76. The van der Waals surface area contributed by atoms with Crippen molar-refractivity contribution in [2.24, 2.45) is 4.99 Å². The largest absolute Gasteiger partial charge is 0.484 e. The van der Waals surface area contributed by atoms with Crippen LogP contribution in [0.15, 0.2) is 4.99 Å². The maximum Gasteiger partial charge on any atom is 0.183 e. The van der Waals surface area contributed by atoms with Gasteiger partial charge in [0.25, 0.3) is 0 Å². The number of aliphatic imine (C=N–C) groups is 1. The van der Waals surface area contributed by atoms with Gasteiger partial charge in [-0.1, -0.05) is 6.42 Å². The van der Waals surface area contributed by atoms with E-state index in [-0.39, 0.29) is 0 Å². The Kier molecular flexibility index (Phi) is 2.83. The van der Waals surface area contributed by atoms with Crippen LogP contribution in [0.5, 0.6) is 0 Å². The molecule has 0 aromatic carbocycles. The van der Waals surface area contributed by atoms with Crippen LogP contribution in [0, 0.1) is 0 Å². The molecule has 0 aromatic heterocycles. The van der Waals surface area contributed by atoms with E-state index in [9.17, 15) is 0 Å². The maximum absolute atomic E-state index is 5.21. The monoisotopic (exact) mass is 183 g/mol. The molecular formula is C10H17NO2. The highest BCUT2D eigenvalue weighted by Crippen LogP contribution is 2.23. The molecule has 1 saturated heterocycles. The van der Waals surface area contributed by atoms with Crippen molar-refractivity contribution in [2.45, 2.75) is 44.2 Å². The van der Waals surface area contributed by atoms with Crippen LogP contribution in [0.3, 0.4) is 0 Å². The lowest BCUT2D eigenvalue weighted by atomic mass is 10.1. The minimum Gasteiger partial charge on any atom is -0.484 e. The van der Waals surface area contributed by atoms with Crippen molar-refractivity contribution >= 4 is 5.90 Å². The number of nitrogens with zero attached hydrogens (tertiary/aromatic N) is 1. The molecule has 0 radical (unpaired) electrons. The average Bonchev–Trinajstić information content (AvgIpc) is 2.93. The fourth-order valence-corrected chi connectivity index (χ4v) is 1.82. The summed E-state index contributed by atoms with van der Waals surface area (Å²) in [4.78, 5) is 4.59. The Hall–Kier alpha value is -0.570. The second-order valence-corrected chi connectivity index (χ2v) is 3.82. The van der Waals surface area contributed by atoms with Gasteiger partial charge in [-0.3, -0.25) is 4.99 Å². The van der Waals surface area contributed by atoms with Crippen LogP contribution >= 0.6 is 0 Å². The molecule has 2 heterocycles. The Morgan fingerprint density at radius 2 is 2.38 bits per heavy atom. The van der Waals surface area contributed by atoms with Crippen molar-refractivity contribution in [3.63, 3.8) is 0 Å². The second-order valence-electron chi connectivity index (χ2n) is 3.82. The van der Waals surface area contributed by atoms with E-state index in [1.165, 1.54) is 19.3 Å². The minimum atomic E-state index is 0.449. The fourth-order valence-electron chi connectivity index (χ4n) is 1.82. The summed E-state index contributed by atoms with van der Waals surface area (Å²) in [5, 5.41) is 0. The number of rotatable bonds is 2. The van der Waals surface area contributed by atoms with Crippen LogP contribution in [0.1, 0.15) is 32.1 Å². The van der Waals surface area contributed by atoms with Gasteiger partial charge in [0.15, 0.2) is 5.90 Å². The van der Waals surface area contributed by atoms with Gasteiger partial charge in [-0.05, 0) is 19.3 Å². The molecule has 0 N–H and O–H groups in total. The van der Waals surface area contributed by atoms with Gasteiger partial charge in [0.2, 0.25) is 0 Å². The summed E-state index contributed by atoms with van der Waals surface area (Å²) in [6, 6.07) is 0.449. The van der Waals surface area contributed by atoms with Crippen molar-refractivity contribution in [1.29, 1.82) is 0 Å². The molecule has 3 heteroatoms. The Morgan fingerprint density at radius 1 is 1.54 bits per heavy atom. The van der Waals surface area contributed by atoms with Gasteiger partial charge in [0.05, 0.1) is 25.9 Å². The molecule has 74 valence electrons. The first-order chi connectivity index (χ1) is 6.38. The molecular weight excluding hydrogens is 166 g/mol. The normalized spacial score (nSPS) is 33.5. The summed E-state index contributed by atoms with van der Waals surface area (Å²) in [5.74, 6) is 0.933. The Morgan fingerprint density at radius 3 is 3.08 bits per heavy atom. The van der Waals surface area contributed by atoms with Crippen LogP contribution < -0.4 is 0 Å². The van der Waals surface area contributed by atoms with Crippen molar-refractivity contribution in [1.82, 2.24) is 0 Å². The molecule has 0 spiro atoms. The van der Waals surface area contributed by atoms with E-state index in [1.807, 2.05) is 0 Å². The molecule has 3 nitrogen and oxygen atoms in total. The van der Waals surface area contributed by atoms with Gasteiger partial charge < -0.3 is 9.47 Å². The number of ether oxygens (including phenoxy) is 2. The average molecular weight is 183 g/mol. The van der Waals surface area contributed by atoms with E-state index < -0.39 is 0 Å². The number of hydrogen-bond acceptors (Lipinski definition) is 3. The van der Waals surface area contributed by atoms with E-state index in [2.05, 4.69) is 4.99 Å². The number of hydrogen-bond donors (Lipinski definition) is 0. The second kappa shape index (κ2) is 4.09. The van der Waals surface area contributed by atoms with Gasteiger partial charge in [-0.15, -0.1) is 0 Å². The van der Waals surface area contributed by atoms with E-state index in [4.69, 9.17) is 9.47 Å². The fraction of sp³-hybridized carbons (Fsp3) is 0.900. The zero-order valence-electron chi connectivity index (χ0n) is 8.16. The van der Waals surface area contributed by atoms with Crippen LogP contribution in [0.4, 0.5) is 0 Å². The van der Waals surface area contributed by atoms with Crippen molar-refractivity contribution in [2.75, 3.05) is 13.7 Å². The highest BCUT2D eigenvalue weighted by Gasteiger charge is 2.27. The Bertz CT molecular complexity index is 199. The first kappa shape index (κ1) is 9.00. The van der Waals surface area contributed by atoms with E-state index in [0.717, 1.165) is 25.3 Å². The van der Waals surface area contributed by atoms with Crippen LogP contribution in [-0.2, 0) is 9.47 Å². The molecule has 2 rings (SSSR count). The van der Waals surface area contributed by atoms with Gasteiger partial charge in [-0.2, -0.15) is 0 Å². The van der Waals surface area contributed by atoms with Gasteiger partial charge in [0.1, 0.15) is 0 Å². The predicted molar refractivity (Wildman–Crippen MR) is 51.1 cm³/mol. The SMILES string of the molecule is COC1=NC(CC2CO2)CCCC1. The molecule has 2 atom stereocenters. The molecule has 0 saturated carbocycles. The van der Waals surface area contributed by atoms with E-state index in [0.29, 0.717) is 12.1 Å². The zero-order chi connectivity index (χ0) is 9.10. The lowest BCUT2D eigenvalue weighted by Gasteiger charge is -2.08. The lowest BCUT2D eigenvalue weighted by Crippen LogP contribution is -2.10. The van der Waals surface area contributed by atoms with Crippen LogP contribution in [0.25, 0.3) is 0 Å². The molecule has 13 heavy (non-hydrogen) atoms. The molecule has 0 aromatic rings. The van der Waals surface area contributed by atoms with Gasteiger partial charge >= 0.3 is 0 Å². The molecule has 0 aliphatic carbocycles. The first-order valence-corrected chi connectivity index (χ1v) is 5.11. The standard InChI is InChI=1S/C10H17NO2/c1-12-10-5-3-2-4-8(11-10)6-9-7-13-9/h8-9H,2-7H2,1H3. The van der Waals surface area contributed by atoms with Crippen molar-refractivity contribution in [3.8, 4) is 0 Å². The smallest absolute Gasteiger partial charge is 0.183 e. The summed E-state index contributed by atoms with van der Waals surface area (Å²) < 4.78 is 10.4. The highest BCUT2D eigenvalue weighted by molar-refractivity contribution is 5.76. The quantitative estimate of drug-likeness (QED) is 0.611. The zero-order valence-corrected chi connectivity index (χ0v) is 8.16. The summed E-state index contributed by atoms with van der Waals surface area (Å²) in [5.41, 5.74) is 0. The molecule has 2 aliphatic heterocycles. The third-order valence-corrected chi connectivity index (χ3v) is 2.68. The van der Waals surface area contributed by atoms with E-state index >= 15 is 0 Å². The highest BCUT2D eigenvalue weighted by atomic mass is 16.6. The Balaban J connectivity index is 1.90. The minimum absolute atomic E-state index is 0.449. The molecule has 0 bridgehead atoms. The lowest BCUT2D eigenvalue weighted by molar-refractivity contribution is 0.367. The van der Waals surface area contributed by atoms with Crippen molar-refractivity contribution in [3.05, 3.63) is 0 Å². The van der Waals surface area contributed by atoms with Gasteiger partial charge in [-0.25, -0.2) is 0 Å². The summed E-state index contributed by atoms with van der Waals surface area (Å²) in [7, 11) is 1.72. The third kappa shape index (κ3) is 2.69. The summed E-state index contributed by atoms with van der Waals surface area (Å²) in [6.45, 7) is 0.939. The van der Waals surface area contributed by atoms with Gasteiger partial charge in [0, 0.05) is 6.42 Å². The molecule has 1 fully saturated rings. The number of epoxide rings is 1. The molecule has 2 unspecified atom stereocenters. The Labute approximate surface area is 79.1 Å². The van der Waals surface area contributed by atoms with Crippen molar-refractivity contribution < 1.29 is 9.47 Å². The van der Waals surface area contributed by atoms with Crippen LogP contribution in [0.2, 0.25) is 0 Å². The first-order valence-electron chi connectivity index (χ1n) is 5.11. The van der Waals surface area contributed by atoms with E-state index in [1.54, 1.807) is 7.11 Å². The number of methoxy groups -OCH3 is 1.